The molecule has 1 amide bonds. The fourth-order valence-corrected chi connectivity index (χ4v) is 3.39. The quantitative estimate of drug-likeness (QED) is 0.754. The van der Waals surface area contributed by atoms with Crippen LogP contribution in [0.15, 0.2) is 48.5 Å². The monoisotopic (exact) mass is 368 g/mol. The van der Waals surface area contributed by atoms with Gasteiger partial charge in [-0.25, -0.2) is 0 Å². The zero-order valence-electron chi connectivity index (χ0n) is 16.2. The molecule has 144 valence electrons. The molecule has 0 radical (unpaired) electrons. The van der Waals surface area contributed by atoms with Crippen molar-refractivity contribution in [3.63, 3.8) is 0 Å². The second kappa shape index (κ2) is 9.42. The second-order valence-corrected chi connectivity index (χ2v) is 6.86. The van der Waals surface area contributed by atoms with Crippen LogP contribution in [-0.2, 0) is 17.8 Å². The molecule has 5 nitrogen and oxygen atoms in total. The molecule has 0 bridgehead atoms. The number of hydrogen-bond acceptors (Lipinski definition) is 4. The van der Waals surface area contributed by atoms with Crippen LogP contribution in [0.3, 0.4) is 0 Å². The number of aryl methyl sites for hydroxylation is 1. The summed E-state index contributed by atoms with van der Waals surface area (Å²) < 4.78 is 10.5. The van der Waals surface area contributed by atoms with Crippen molar-refractivity contribution in [1.82, 2.24) is 9.80 Å². The van der Waals surface area contributed by atoms with Crippen molar-refractivity contribution < 1.29 is 14.3 Å². The number of nitrogens with zero attached hydrogens (tertiary/aromatic N) is 2. The normalized spacial score (nSPS) is 14.8. The summed E-state index contributed by atoms with van der Waals surface area (Å²) in [5, 5.41) is 0. The lowest BCUT2D eigenvalue weighted by Gasteiger charge is -2.35. The van der Waals surface area contributed by atoms with Crippen LogP contribution >= 0.6 is 0 Å². The van der Waals surface area contributed by atoms with Gasteiger partial charge in [-0.05, 0) is 41.8 Å². The summed E-state index contributed by atoms with van der Waals surface area (Å²) in [6.45, 7) is 4.30. The zero-order chi connectivity index (χ0) is 19.1. The Labute approximate surface area is 161 Å². The molecule has 0 aliphatic carbocycles. The molecule has 0 aromatic heterocycles. The van der Waals surface area contributed by atoms with E-state index < -0.39 is 0 Å². The van der Waals surface area contributed by atoms with Crippen molar-refractivity contribution in [1.29, 1.82) is 0 Å². The number of ether oxygens (including phenoxy) is 2. The van der Waals surface area contributed by atoms with E-state index in [9.17, 15) is 4.79 Å². The Morgan fingerprint density at radius 2 is 1.59 bits per heavy atom. The molecule has 0 spiro atoms. The summed E-state index contributed by atoms with van der Waals surface area (Å²) in [4.78, 5) is 16.9. The Balaban J connectivity index is 1.43. The standard InChI is InChI=1S/C22H28N2O3/c1-26-20-9-6-18(7-10-20)8-11-22(25)24-14-12-23(13-15-24)17-19-4-3-5-21(16-19)27-2/h3-7,9-10,16H,8,11-15,17H2,1-2H3. The largest absolute Gasteiger partial charge is 0.497 e. The van der Waals surface area contributed by atoms with Crippen LogP contribution in [0.5, 0.6) is 11.5 Å². The minimum absolute atomic E-state index is 0.242. The van der Waals surface area contributed by atoms with E-state index in [1.165, 1.54) is 11.1 Å². The SMILES string of the molecule is COc1ccc(CCC(=O)N2CCN(Cc3cccc(OC)c3)CC2)cc1. The van der Waals surface area contributed by atoms with Crippen LogP contribution in [-0.4, -0.2) is 56.1 Å². The van der Waals surface area contributed by atoms with E-state index in [-0.39, 0.29) is 5.91 Å². The first kappa shape index (κ1) is 19.2. The van der Waals surface area contributed by atoms with Crippen molar-refractivity contribution >= 4 is 5.91 Å². The van der Waals surface area contributed by atoms with Gasteiger partial charge in [-0.3, -0.25) is 9.69 Å². The number of amides is 1. The van der Waals surface area contributed by atoms with Crippen LogP contribution in [0.2, 0.25) is 0 Å². The van der Waals surface area contributed by atoms with Gasteiger partial charge in [0.15, 0.2) is 0 Å². The Morgan fingerprint density at radius 1 is 0.889 bits per heavy atom. The predicted octanol–water partition coefficient (Wildman–Crippen LogP) is 2.98. The van der Waals surface area contributed by atoms with Crippen LogP contribution < -0.4 is 9.47 Å². The van der Waals surface area contributed by atoms with Gasteiger partial charge in [0.2, 0.25) is 5.91 Å². The third-order valence-electron chi connectivity index (χ3n) is 5.05. The molecule has 1 heterocycles. The van der Waals surface area contributed by atoms with E-state index in [1.54, 1.807) is 14.2 Å². The highest BCUT2D eigenvalue weighted by Crippen LogP contribution is 2.16. The number of hydrogen-bond donors (Lipinski definition) is 0. The minimum atomic E-state index is 0.242. The van der Waals surface area contributed by atoms with Gasteiger partial charge in [-0.2, -0.15) is 0 Å². The molecular formula is C22H28N2O3. The molecule has 0 atom stereocenters. The molecule has 1 saturated heterocycles. The fourth-order valence-electron chi connectivity index (χ4n) is 3.39. The highest BCUT2D eigenvalue weighted by molar-refractivity contribution is 5.76. The molecule has 2 aromatic rings. The number of carbonyl (C=O) groups is 1. The van der Waals surface area contributed by atoms with Crippen molar-refractivity contribution in [2.75, 3.05) is 40.4 Å². The van der Waals surface area contributed by atoms with Gasteiger partial charge in [0, 0.05) is 39.1 Å². The van der Waals surface area contributed by atoms with Crippen LogP contribution in [0, 0.1) is 0 Å². The number of benzene rings is 2. The van der Waals surface area contributed by atoms with Gasteiger partial charge in [0.05, 0.1) is 14.2 Å². The average molecular weight is 368 g/mol. The van der Waals surface area contributed by atoms with Crippen molar-refractivity contribution in [3.8, 4) is 11.5 Å². The molecule has 0 N–H and O–H groups in total. The summed E-state index contributed by atoms with van der Waals surface area (Å²) in [6, 6.07) is 16.1. The van der Waals surface area contributed by atoms with E-state index >= 15 is 0 Å². The van der Waals surface area contributed by atoms with E-state index in [0.29, 0.717) is 6.42 Å². The molecule has 1 aliphatic rings. The lowest BCUT2D eigenvalue weighted by atomic mass is 10.1. The lowest BCUT2D eigenvalue weighted by Crippen LogP contribution is -2.48. The van der Waals surface area contributed by atoms with Gasteiger partial charge in [-0.15, -0.1) is 0 Å². The Bertz CT molecular complexity index is 737. The van der Waals surface area contributed by atoms with E-state index in [2.05, 4.69) is 17.0 Å². The Hall–Kier alpha value is -2.53. The maximum absolute atomic E-state index is 12.5. The highest BCUT2D eigenvalue weighted by Gasteiger charge is 2.21. The summed E-state index contributed by atoms with van der Waals surface area (Å²) in [7, 11) is 3.35. The van der Waals surface area contributed by atoms with Crippen LogP contribution in [0.1, 0.15) is 17.5 Å². The summed E-state index contributed by atoms with van der Waals surface area (Å²) >= 11 is 0. The summed E-state index contributed by atoms with van der Waals surface area (Å²) in [6.07, 6.45) is 1.33. The fraction of sp³-hybridized carbons (Fsp3) is 0.409. The summed E-state index contributed by atoms with van der Waals surface area (Å²) in [5.74, 6) is 1.98. The molecular weight excluding hydrogens is 340 g/mol. The van der Waals surface area contributed by atoms with E-state index in [4.69, 9.17) is 9.47 Å². The first-order valence-corrected chi connectivity index (χ1v) is 9.44. The van der Waals surface area contributed by atoms with Crippen LogP contribution in [0.4, 0.5) is 0 Å². The molecule has 2 aromatic carbocycles. The average Bonchev–Trinajstić information content (AvgIpc) is 2.73. The molecule has 5 heteroatoms. The predicted molar refractivity (Wildman–Crippen MR) is 106 cm³/mol. The third kappa shape index (κ3) is 5.47. The van der Waals surface area contributed by atoms with E-state index in [0.717, 1.165) is 50.6 Å². The minimum Gasteiger partial charge on any atom is -0.497 e. The first-order chi connectivity index (χ1) is 13.2. The van der Waals surface area contributed by atoms with Gasteiger partial charge in [0.25, 0.3) is 0 Å². The maximum atomic E-state index is 12.5. The van der Waals surface area contributed by atoms with Gasteiger partial charge >= 0.3 is 0 Å². The number of rotatable bonds is 7. The zero-order valence-corrected chi connectivity index (χ0v) is 16.2. The van der Waals surface area contributed by atoms with Crippen molar-refractivity contribution in [2.45, 2.75) is 19.4 Å². The van der Waals surface area contributed by atoms with Gasteiger partial charge < -0.3 is 14.4 Å². The number of piperazine rings is 1. The smallest absolute Gasteiger partial charge is 0.222 e. The topological polar surface area (TPSA) is 42.0 Å². The molecule has 3 rings (SSSR count). The molecule has 1 fully saturated rings. The first-order valence-electron chi connectivity index (χ1n) is 9.44. The summed E-state index contributed by atoms with van der Waals surface area (Å²) in [5.41, 5.74) is 2.41. The molecule has 0 saturated carbocycles. The third-order valence-corrected chi connectivity index (χ3v) is 5.05. The van der Waals surface area contributed by atoms with Gasteiger partial charge in [0.1, 0.15) is 11.5 Å². The van der Waals surface area contributed by atoms with E-state index in [1.807, 2.05) is 41.3 Å². The molecule has 0 unspecified atom stereocenters. The lowest BCUT2D eigenvalue weighted by molar-refractivity contribution is -0.133. The van der Waals surface area contributed by atoms with Crippen molar-refractivity contribution in [2.24, 2.45) is 0 Å². The number of carbonyl (C=O) groups excluding carboxylic acids is 1. The van der Waals surface area contributed by atoms with Crippen molar-refractivity contribution in [3.05, 3.63) is 59.7 Å². The Kier molecular flexibility index (Phi) is 6.71. The van der Waals surface area contributed by atoms with Crippen LogP contribution in [0.25, 0.3) is 0 Å². The molecule has 1 aliphatic heterocycles. The highest BCUT2D eigenvalue weighted by atomic mass is 16.5. The Morgan fingerprint density at radius 3 is 2.26 bits per heavy atom. The molecule has 27 heavy (non-hydrogen) atoms. The second-order valence-electron chi connectivity index (χ2n) is 6.86. The maximum Gasteiger partial charge on any atom is 0.222 e. The van der Waals surface area contributed by atoms with Gasteiger partial charge in [-0.1, -0.05) is 24.3 Å². The number of methoxy groups -OCH3 is 2.